The molecule has 0 aromatic rings. The van der Waals surface area contributed by atoms with E-state index in [0.717, 1.165) is 12.6 Å². The van der Waals surface area contributed by atoms with Crippen LogP contribution in [-0.4, -0.2) is 37.2 Å². The fourth-order valence-electron chi connectivity index (χ4n) is 2.81. The molecule has 13 heavy (non-hydrogen) atoms. The van der Waals surface area contributed by atoms with Crippen LogP contribution >= 0.6 is 0 Å². The van der Waals surface area contributed by atoms with E-state index in [0.29, 0.717) is 0 Å². The monoisotopic (exact) mass is 183 g/mol. The van der Waals surface area contributed by atoms with Crippen molar-refractivity contribution in [1.29, 1.82) is 0 Å². The topological polar surface area (TPSA) is 12.5 Å². The molecular weight excluding hydrogens is 162 g/mol. The van der Waals surface area contributed by atoms with E-state index in [4.69, 9.17) is 4.74 Å². The Balaban J connectivity index is 1.98. The van der Waals surface area contributed by atoms with E-state index in [1.54, 1.807) is 0 Å². The van der Waals surface area contributed by atoms with Crippen molar-refractivity contribution >= 4 is 0 Å². The van der Waals surface area contributed by atoms with Crippen LogP contribution in [0.5, 0.6) is 0 Å². The molecule has 2 rings (SSSR count). The average molecular weight is 183 g/mol. The van der Waals surface area contributed by atoms with E-state index in [2.05, 4.69) is 19.0 Å². The summed E-state index contributed by atoms with van der Waals surface area (Å²) >= 11 is 0. The lowest BCUT2D eigenvalue weighted by atomic mass is 9.88. The van der Waals surface area contributed by atoms with Crippen molar-refractivity contribution in [2.75, 3.05) is 20.7 Å². The molecule has 1 atom stereocenters. The molecule has 1 unspecified atom stereocenters. The standard InChI is InChI=1S/C11H21NO/c1-12(2)10-5-8-13-11(9-10)6-3-4-7-11/h10H,3-9H2,1-2H3. The minimum Gasteiger partial charge on any atom is -0.375 e. The Morgan fingerprint density at radius 1 is 1.23 bits per heavy atom. The summed E-state index contributed by atoms with van der Waals surface area (Å²) in [5, 5.41) is 0. The normalized spacial score (nSPS) is 33.0. The molecule has 0 radical (unpaired) electrons. The second-order valence-electron chi connectivity index (χ2n) is 4.85. The molecule has 2 heteroatoms. The molecule has 2 nitrogen and oxygen atoms in total. The highest BCUT2D eigenvalue weighted by atomic mass is 16.5. The lowest BCUT2D eigenvalue weighted by Crippen LogP contribution is -2.45. The van der Waals surface area contributed by atoms with Crippen molar-refractivity contribution in [1.82, 2.24) is 4.90 Å². The van der Waals surface area contributed by atoms with E-state index >= 15 is 0 Å². The summed E-state index contributed by atoms with van der Waals surface area (Å²) in [6.07, 6.45) is 7.84. The maximum absolute atomic E-state index is 5.98. The Hall–Kier alpha value is -0.0800. The Bertz CT molecular complexity index is 173. The van der Waals surface area contributed by atoms with Gasteiger partial charge in [0.25, 0.3) is 0 Å². The molecule has 76 valence electrons. The van der Waals surface area contributed by atoms with Gasteiger partial charge in [-0.25, -0.2) is 0 Å². The third kappa shape index (κ3) is 1.89. The first-order valence-corrected chi connectivity index (χ1v) is 5.52. The van der Waals surface area contributed by atoms with Crippen LogP contribution in [0, 0.1) is 0 Å². The van der Waals surface area contributed by atoms with Gasteiger partial charge in [-0.15, -0.1) is 0 Å². The maximum Gasteiger partial charge on any atom is 0.0697 e. The molecule has 0 aromatic carbocycles. The molecule has 0 bridgehead atoms. The largest absolute Gasteiger partial charge is 0.375 e. The van der Waals surface area contributed by atoms with Gasteiger partial charge in [0.2, 0.25) is 0 Å². The molecule has 1 saturated heterocycles. The van der Waals surface area contributed by atoms with Gasteiger partial charge in [0.05, 0.1) is 5.60 Å². The van der Waals surface area contributed by atoms with Gasteiger partial charge < -0.3 is 9.64 Å². The Morgan fingerprint density at radius 2 is 1.92 bits per heavy atom. The smallest absolute Gasteiger partial charge is 0.0697 e. The Labute approximate surface area is 81.3 Å². The third-order valence-electron chi connectivity index (χ3n) is 3.71. The fraction of sp³-hybridized carbons (Fsp3) is 1.00. The predicted octanol–water partition coefficient (Wildman–Crippen LogP) is 2.04. The summed E-state index contributed by atoms with van der Waals surface area (Å²) in [5.74, 6) is 0. The molecule has 1 saturated carbocycles. The SMILES string of the molecule is CN(C)C1CCOC2(CCCC2)C1. The summed E-state index contributed by atoms with van der Waals surface area (Å²) in [4.78, 5) is 2.36. The van der Waals surface area contributed by atoms with Gasteiger partial charge in [-0.1, -0.05) is 12.8 Å². The first-order valence-electron chi connectivity index (χ1n) is 5.52. The first kappa shape index (κ1) is 9.47. The highest BCUT2D eigenvalue weighted by molar-refractivity contribution is 4.93. The van der Waals surface area contributed by atoms with E-state index in [1.165, 1.54) is 38.5 Å². The van der Waals surface area contributed by atoms with Crippen LogP contribution in [0.25, 0.3) is 0 Å². The van der Waals surface area contributed by atoms with Gasteiger partial charge in [-0.3, -0.25) is 0 Å². The number of hydrogen-bond donors (Lipinski definition) is 0. The van der Waals surface area contributed by atoms with Gasteiger partial charge >= 0.3 is 0 Å². The summed E-state index contributed by atoms with van der Waals surface area (Å²) in [6.45, 7) is 0.975. The molecule has 1 aliphatic heterocycles. The summed E-state index contributed by atoms with van der Waals surface area (Å²) in [7, 11) is 4.39. The van der Waals surface area contributed by atoms with Crippen molar-refractivity contribution in [3.63, 3.8) is 0 Å². The van der Waals surface area contributed by atoms with Crippen molar-refractivity contribution in [3.05, 3.63) is 0 Å². The van der Waals surface area contributed by atoms with Crippen molar-refractivity contribution in [3.8, 4) is 0 Å². The number of ether oxygens (including phenoxy) is 1. The van der Waals surface area contributed by atoms with E-state index in [9.17, 15) is 0 Å². The minimum atomic E-state index is 0.285. The summed E-state index contributed by atoms with van der Waals surface area (Å²) in [6, 6.07) is 0.756. The van der Waals surface area contributed by atoms with Crippen molar-refractivity contribution < 1.29 is 4.74 Å². The van der Waals surface area contributed by atoms with Gasteiger partial charge in [0, 0.05) is 12.6 Å². The zero-order valence-electron chi connectivity index (χ0n) is 8.88. The van der Waals surface area contributed by atoms with Crippen LogP contribution in [0.1, 0.15) is 38.5 Å². The van der Waals surface area contributed by atoms with Crippen LogP contribution in [0.4, 0.5) is 0 Å². The quantitative estimate of drug-likeness (QED) is 0.617. The molecule has 1 spiro atoms. The number of nitrogens with zero attached hydrogens (tertiary/aromatic N) is 1. The first-order chi connectivity index (χ1) is 6.22. The van der Waals surface area contributed by atoms with Gasteiger partial charge in [-0.2, -0.15) is 0 Å². The van der Waals surface area contributed by atoms with Crippen LogP contribution < -0.4 is 0 Å². The van der Waals surface area contributed by atoms with Crippen molar-refractivity contribution in [2.45, 2.75) is 50.2 Å². The lowest BCUT2D eigenvalue weighted by Gasteiger charge is -2.40. The fourth-order valence-corrected chi connectivity index (χ4v) is 2.81. The Kier molecular flexibility index (Phi) is 2.61. The highest BCUT2D eigenvalue weighted by Crippen LogP contribution is 2.40. The summed E-state index contributed by atoms with van der Waals surface area (Å²) < 4.78 is 5.98. The second kappa shape index (κ2) is 3.58. The van der Waals surface area contributed by atoms with Crippen molar-refractivity contribution in [2.24, 2.45) is 0 Å². The molecule has 1 aliphatic carbocycles. The third-order valence-corrected chi connectivity index (χ3v) is 3.71. The van der Waals surface area contributed by atoms with Gasteiger partial charge in [-0.05, 0) is 39.8 Å². The van der Waals surface area contributed by atoms with Crippen LogP contribution in [-0.2, 0) is 4.74 Å². The number of rotatable bonds is 1. The maximum atomic E-state index is 5.98. The van der Waals surface area contributed by atoms with E-state index in [-0.39, 0.29) is 5.60 Å². The molecule has 2 fully saturated rings. The van der Waals surface area contributed by atoms with E-state index < -0.39 is 0 Å². The van der Waals surface area contributed by atoms with Gasteiger partial charge in [0.1, 0.15) is 0 Å². The molecule has 0 aromatic heterocycles. The molecule has 0 amide bonds. The zero-order valence-corrected chi connectivity index (χ0v) is 8.88. The van der Waals surface area contributed by atoms with E-state index in [1.807, 2.05) is 0 Å². The predicted molar refractivity (Wildman–Crippen MR) is 53.9 cm³/mol. The van der Waals surface area contributed by atoms with Gasteiger partial charge in [0.15, 0.2) is 0 Å². The molecular formula is C11H21NO. The molecule has 0 N–H and O–H groups in total. The van der Waals surface area contributed by atoms with Crippen LogP contribution in [0.2, 0.25) is 0 Å². The second-order valence-corrected chi connectivity index (χ2v) is 4.85. The zero-order chi connectivity index (χ0) is 9.31. The Morgan fingerprint density at radius 3 is 2.54 bits per heavy atom. The highest BCUT2D eigenvalue weighted by Gasteiger charge is 2.40. The molecule has 2 aliphatic rings. The van der Waals surface area contributed by atoms with Crippen LogP contribution in [0.3, 0.4) is 0 Å². The average Bonchev–Trinajstić information content (AvgIpc) is 2.53. The lowest BCUT2D eigenvalue weighted by molar-refractivity contribution is -0.0962. The number of hydrogen-bond acceptors (Lipinski definition) is 2. The minimum absolute atomic E-state index is 0.285. The van der Waals surface area contributed by atoms with Crippen LogP contribution in [0.15, 0.2) is 0 Å². The molecule has 1 heterocycles. The summed E-state index contributed by atoms with van der Waals surface area (Å²) in [5.41, 5.74) is 0.285.